The van der Waals surface area contributed by atoms with Crippen LogP contribution in [0.5, 0.6) is 0 Å². The van der Waals surface area contributed by atoms with Gasteiger partial charge in [0, 0.05) is 61.9 Å². The van der Waals surface area contributed by atoms with Crippen LogP contribution < -0.4 is 0 Å². The Balaban J connectivity index is 1.47. The predicted molar refractivity (Wildman–Crippen MR) is 102 cm³/mol. The van der Waals surface area contributed by atoms with Gasteiger partial charge >= 0.3 is 0 Å². The number of pyridine rings is 2. The Labute approximate surface area is 154 Å². The highest BCUT2D eigenvalue weighted by Gasteiger charge is 2.22. The fraction of sp³-hybridized carbons (Fsp3) is 0.381. The molecule has 5 heteroatoms. The van der Waals surface area contributed by atoms with Gasteiger partial charge < -0.3 is 4.57 Å². The number of rotatable bonds is 5. The third kappa shape index (κ3) is 3.83. The number of nitrogens with zero attached hydrogens (tertiary/aromatic N) is 5. The summed E-state index contributed by atoms with van der Waals surface area (Å²) in [6.07, 6.45) is 12.0. The molecule has 0 N–H and O–H groups in total. The fourth-order valence-corrected chi connectivity index (χ4v) is 3.87. The molecule has 0 aliphatic carbocycles. The van der Waals surface area contributed by atoms with Crippen LogP contribution in [0.4, 0.5) is 0 Å². The molecule has 26 heavy (non-hydrogen) atoms. The number of aromatic nitrogens is 4. The summed E-state index contributed by atoms with van der Waals surface area (Å²) in [7, 11) is 0. The van der Waals surface area contributed by atoms with Gasteiger partial charge in [-0.2, -0.15) is 0 Å². The number of aryl methyl sites for hydroxylation is 1. The van der Waals surface area contributed by atoms with E-state index in [9.17, 15) is 0 Å². The molecule has 0 spiro atoms. The first kappa shape index (κ1) is 16.9. The molecule has 0 amide bonds. The van der Waals surface area contributed by atoms with E-state index in [-0.39, 0.29) is 0 Å². The van der Waals surface area contributed by atoms with Gasteiger partial charge in [-0.15, -0.1) is 0 Å². The number of piperidine rings is 1. The van der Waals surface area contributed by atoms with Gasteiger partial charge in [-0.25, -0.2) is 4.98 Å². The number of imidazole rings is 1. The summed E-state index contributed by atoms with van der Waals surface area (Å²) < 4.78 is 2.37. The monoisotopic (exact) mass is 347 g/mol. The molecule has 4 rings (SSSR count). The first-order valence-electron chi connectivity index (χ1n) is 9.33. The molecule has 3 aromatic rings. The number of likely N-dealkylation sites (tertiary alicyclic amines) is 1. The zero-order valence-corrected chi connectivity index (χ0v) is 15.3. The Hall–Kier alpha value is -2.53. The Bertz CT molecular complexity index is 828. The van der Waals surface area contributed by atoms with Crippen molar-refractivity contribution >= 4 is 0 Å². The third-order valence-electron chi connectivity index (χ3n) is 5.17. The second-order valence-corrected chi connectivity index (χ2v) is 7.17. The lowest BCUT2D eigenvalue weighted by Crippen LogP contribution is -2.36. The van der Waals surface area contributed by atoms with E-state index in [1.54, 1.807) is 0 Å². The highest BCUT2D eigenvalue weighted by molar-refractivity contribution is 5.55. The predicted octanol–water partition coefficient (Wildman–Crippen LogP) is 3.56. The standard InChI is InChI=1S/C21H25N5/c1-17-12-24-21(20-6-9-22-10-7-20)26(17)16-19-5-3-11-25(15-19)14-18-4-2-8-23-13-18/h2,4,6-10,12-13,19H,3,5,11,14-16H2,1H3. The van der Waals surface area contributed by atoms with Crippen LogP contribution in [-0.4, -0.2) is 37.5 Å². The maximum atomic E-state index is 4.65. The minimum Gasteiger partial charge on any atom is -0.328 e. The van der Waals surface area contributed by atoms with Crippen molar-refractivity contribution in [2.24, 2.45) is 5.92 Å². The smallest absolute Gasteiger partial charge is 0.140 e. The number of hydrogen-bond donors (Lipinski definition) is 0. The van der Waals surface area contributed by atoms with Crippen LogP contribution in [0, 0.1) is 12.8 Å². The van der Waals surface area contributed by atoms with Crippen molar-refractivity contribution in [3.05, 3.63) is 66.5 Å². The van der Waals surface area contributed by atoms with Crippen LogP contribution in [0.2, 0.25) is 0 Å². The highest BCUT2D eigenvalue weighted by atomic mass is 15.1. The maximum absolute atomic E-state index is 4.65. The Morgan fingerprint density at radius 2 is 1.96 bits per heavy atom. The molecule has 3 aromatic heterocycles. The van der Waals surface area contributed by atoms with E-state index >= 15 is 0 Å². The summed E-state index contributed by atoms with van der Waals surface area (Å²) in [6, 6.07) is 8.26. The van der Waals surface area contributed by atoms with E-state index in [1.807, 2.05) is 49.2 Å². The zero-order chi connectivity index (χ0) is 17.8. The first-order valence-corrected chi connectivity index (χ1v) is 9.33. The third-order valence-corrected chi connectivity index (χ3v) is 5.17. The van der Waals surface area contributed by atoms with E-state index in [4.69, 9.17) is 0 Å². The van der Waals surface area contributed by atoms with Gasteiger partial charge in [-0.1, -0.05) is 6.07 Å². The molecule has 134 valence electrons. The van der Waals surface area contributed by atoms with E-state index in [1.165, 1.54) is 30.6 Å². The van der Waals surface area contributed by atoms with Crippen molar-refractivity contribution in [3.8, 4) is 11.4 Å². The maximum Gasteiger partial charge on any atom is 0.140 e. The van der Waals surface area contributed by atoms with E-state index in [0.29, 0.717) is 5.92 Å². The summed E-state index contributed by atoms with van der Waals surface area (Å²) in [5, 5.41) is 0. The quantitative estimate of drug-likeness (QED) is 0.708. The molecule has 4 heterocycles. The minimum atomic E-state index is 0.647. The average molecular weight is 347 g/mol. The Kier molecular flexibility index (Phi) is 5.07. The first-order chi connectivity index (χ1) is 12.8. The second kappa shape index (κ2) is 7.79. The van der Waals surface area contributed by atoms with Gasteiger partial charge in [0.1, 0.15) is 5.82 Å². The minimum absolute atomic E-state index is 0.647. The molecule has 1 aliphatic heterocycles. The molecule has 1 fully saturated rings. The van der Waals surface area contributed by atoms with E-state index in [2.05, 4.69) is 37.4 Å². The Morgan fingerprint density at radius 1 is 1.08 bits per heavy atom. The fourth-order valence-electron chi connectivity index (χ4n) is 3.87. The lowest BCUT2D eigenvalue weighted by Gasteiger charge is -2.33. The molecule has 0 saturated carbocycles. The molecule has 1 aliphatic rings. The van der Waals surface area contributed by atoms with Crippen LogP contribution >= 0.6 is 0 Å². The van der Waals surface area contributed by atoms with Crippen molar-refractivity contribution in [2.45, 2.75) is 32.9 Å². The summed E-state index contributed by atoms with van der Waals surface area (Å²) >= 11 is 0. The number of hydrogen-bond acceptors (Lipinski definition) is 4. The molecule has 1 atom stereocenters. The van der Waals surface area contributed by atoms with Gasteiger partial charge in [0.25, 0.3) is 0 Å². The van der Waals surface area contributed by atoms with Gasteiger partial charge in [0.2, 0.25) is 0 Å². The van der Waals surface area contributed by atoms with Crippen LogP contribution in [-0.2, 0) is 13.1 Å². The summed E-state index contributed by atoms with van der Waals surface area (Å²) in [6.45, 7) is 6.46. The highest BCUT2D eigenvalue weighted by Crippen LogP contribution is 2.24. The molecular weight excluding hydrogens is 322 g/mol. The van der Waals surface area contributed by atoms with Crippen LogP contribution in [0.1, 0.15) is 24.1 Å². The lowest BCUT2D eigenvalue weighted by molar-refractivity contribution is 0.156. The second-order valence-electron chi connectivity index (χ2n) is 7.17. The van der Waals surface area contributed by atoms with Crippen LogP contribution in [0.25, 0.3) is 11.4 Å². The molecule has 0 radical (unpaired) electrons. The summed E-state index contributed by atoms with van der Waals surface area (Å²) in [5.74, 6) is 1.70. The van der Waals surface area contributed by atoms with Crippen molar-refractivity contribution in [1.29, 1.82) is 0 Å². The molecule has 0 aromatic carbocycles. The zero-order valence-electron chi connectivity index (χ0n) is 15.3. The van der Waals surface area contributed by atoms with Crippen molar-refractivity contribution in [2.75, 3.05) is 13.1 Å². The molecule has 1 saturated heterocycles. The van der Waals surface area contributed by atoms with Crippen molar-refractivity contribution < 1.29 is 0 Å². The van der Waals surface area contributed by atoms with Gasteiger partial charge in [-0.3, -0.25) is 14.9 Å². The average Bonchev–Trinajstić information content (AvgIpc) is 3.04. The van der Waals surface area contributed by atoms with Crippen LogP contribution in [0.15, 0.2) is 55.2 Å². The van der Waals surface area contributed by atoms with E-state index in [0.717, 1.165) is 31.0 Å². The van der Waals surface area contributed by atoms with Crippen molar-refractivity contribution in [1.82, 2.24) is 24.4 Å². The van der Waals surface area contributed by atoms with Crippen LogP contribution in [0.3, 0.4) is 0 Å². The molecular formula is C21H25N5. The normalized spacial score (nSPS) is 18.1. The largest absolute Gasteiger partial charge is 0.328 e. The topological polar surface area (TPSA) is 46.8 Å². The Morgan fingerprint density at radius 3 is 2.77 bits per heavy atom. The summed E-state index contributed by atoms with van der Waals surface area (Å²) in [4.78, 5) is 15.6. The SMILES string of the molecule is Cc1cnc(-c2ccncc2)n1CC1CCCN(Cc2cccnc2)C1. The van der Waals surface area contributed by atoms with Gasteiger partial charge in [0.05, 0.1) is 0 Å². The molecule has 5 nitrogen and oxygen atoms in total. The van der Waals surface area contributed by atoms with E-state index < -0.39 is 0 Å². The lowest BCUT2D eigenvalue weighted by atomic mass is 9.97. The van der Waals surface area contributed by atoms with Gasteiger partial charge in [0.15, 0.2) is 0 Å². The summed E-state index contributed by atoms with van der Waals surface area (Å²) in [5.41, 5.74) is 3.65. The molecule has 0 bridgehead atoms. The van der Waals surface area contributed by atoms with Gasteiger partial charge in [-0.05, 0) is 56.0 Å². The molecule has 1 unspecified atom stereocenters. The van der Waals surface area contributed by atoms with Crippen molar-refractivity contribution in [3.63, 3.8) is 0 Å².